The van der Waals surface area contributed by atoms with Crippen molar-refractivity contribution in [2.24, 2.45) is 0 Å². The maximum atomic E-state index is 12.1. The second kappa shape index (κ2) is 8.45. The van der Waals surface area contributed by atoms with Gasteiger partial charge in [0.1, 0.15) is 10.7 Å². The predicted molar refractivity (Wildman–Crippen MR) is 103 cm³/mol. The largest absolute Gasteiger partial charge is 0.369 e. The zero-order valence-electron chi connectivity index (χ0n) is 14.9. The van der Waals surface area contributed by atoms with Gasteiger partial charge in [0, 0.05) is 43.3 Å². The van der Waals surface area contributed by atoms with Crippen LogP contribution in [0.2, 0.25) is 0 Å². The van der Waals surface area contributed by atoms with E-state index in [2.05, 4.69) is 57.4 Å². The van der Waals surface area contributed by atoms with Gasteiger partial charge in [-0.1, -0.05) is 25.1 Å². The molecule has 1 atom stereocenters. The Bertz CT molecular complexity index is 680. The first-order valence-corrected chi connectivity index (χ1v) is 9.81. The van der Waals surface area contributed by atoms with Gasteiger partial charge < -0.3 is 10.2 Å². The average Bonchev–Trinajstić information content (AvgIpc) is 3.11. The Hall–Kier alpha value is -1.92. The van der Waals surface area contributed by atoms with Crippen molar-refractivity contribution in [2.75, 3.05) is 31.1 Å². The van der Waals surface area contributed by atoms with Crippen molar-refractivity contribution in [3.63, 3.8) is 0 Å². The van der Waals surface area contributed by atoms with Crippen LogP contribution in [0.5, 0.6) is 0 Å². The molecule has 1 aromatic heterocycles. The topological polar surface area (TPSA) is 48.5 Å². The summed E-state index contributed by atoms with van der Waals surface area (Å²) in [6, 6.07) is 10.7. The van der Waals surface area contributed by atoms with Crippen molar-refractivity contribution in [1.29, 1.82) is 0 Å². The van der Waals surface area contributed by atoms with E-state index in [0.29, 0.717) is 5.69 Å². The molecule has 0 saturated carbocycles. The van der Waals surface area contributed by atoms with Gasteiger partial charge in [0.25, 0.3) is 5.91 Å². The highest BCUT2D eigenvalue weighted by atomic mass is 32.1. The van der Waals surface area contributed by atoms with Gasteiger partial charge in [0.2, 0.25) is 0 Å². The number of anilines is 1. The van der Waals surface area contributed by atoms with Crippen molar-refractivity contribution in [3.05, 3.63) is 46.4 Å². The first-order chi connectivity index (χ1) is 12.2. The molecule has 1 fully saturated rings. The van der Waals surface area contributed by atoms with Crippen LogP contribution in [0.25, 0.3) is 0 Å². The van der Waals surface area contributed by atoms with E-state index in [0.717, 1.165) is 44.2 Å². The molecule has 0 bridgehead atoms. The lowest BCUT2D eigenvalue weighted by Crippen LogP contribution is -2.45. The van der Waals surface area contributed by atoms with E-state index in [1.807, 2.05) is 12.3 Å². The Morgan fingerprint density at radius 2 is 1.96 bits per heavy atom. The third kappa shape index (κ3) is 4.80. The maximum Gasteiger partial charge on any atom is 0.270 e. The zero-order chi connectivity index (χ0) is 17.6. The number of carbonyl (C=O) groups is 1. The van der Waals surface area contributed by atoms with Crippen LogP contribution in [0, 0.1) is 0 Å². The molecule has 1 unspecified atom stereocenters. The zero-order valence-corrected chi connectivity index (χ0v) is 15.8. The number of benzene rings is 1. The Balaban J connectivity index is 1.50. The van der Waals surface area contributed by atoms with Crippen LogP contribution in [0.3, 0.4) is 0 Å². The lowest BCUT2D eigenvalue weighted by Gasteiger charge is -2.35. The van der Waals surface area contributed by atoms with Crippen LogP contribution >= 0.6 is 11.3 Å². The number of para-hydroxylation sites is 1. The molecule has 1 amide bonds. The minimum atomic E-state index is -0.0641. The Labute approximate surface area is 153 Å². The normalized spacial score (nSPS) is 16.6. The highest BCUT2D eigenvalue weighted by molar-refractivity contribution is 7.09. The van der Waals surface area contributed by atoms with Gasteiger partial charge >= 0.3 is 0 Å². The van der Waals surface area contributed by atoms with E-state index < -0.39 is 0 Å². The monoisotopic (exact) mass is 358 g/mol. The fraction of sp³-hybridized carbons (Fsp3) is 0.474. The van der Waals surface area contributed by atoms with Crippen LogP contribution < -0.4 is 10.2 Å². The standard InChI is InChI=1S/C19H26N4OS/c1-3-15(2)20-19(24)17-14-25-18(21-17)13-22-9-11-23(12-10-22)16-7-5-4-6-8-16/h4-8,14-15H,3,9-13H2,1-2H3,(H,20,24). The molecule has 0 spiro atoms. The number of amides is 1. The summed E-state index contributed by atoms with van der Waals surface area (Å²) in [5.41, 5.74) is 1.84. The summed E-state index contributed by atoms with van der Waals surface area (Å²) >= 11 is 1.58. The fourth-order valence-electron chi connectivity index (χ4n) is 2.88. The predicted octanol–water partition coefficient (Wildman–Crippen LogP) is 2.99. The van der Waals surface area contributed by atoms with Gasteiger partial charge in [0.05, 0.1) is 6.54 Å². The minimum absolute atomic E-state index is 0.0641. The van der Waals surface area contributed by atoms with Crippen LogP contribution in [0.15, 0.2) is 35.7 Å². The Morgan fingerprint density at radius 3 is 2.64 bits per heavy atom. The summed E-state index contributed by atoms with van der Waals surface area (Å²) in [4.78, 5) is 21.5. The van der Waals surface area contributed by atoms with Crippen molar-refractivity contribution >= 4 is 22.9 Å². The van der Waals surface area contributed by atoms with E-state index in [4.69, 9.17) is 0 Å². The third-order valence-corrected chi connectivity index (χ3v) is 5.46. The fourth-order valence-corrected chi connectivity index (χ4v) is 3.70. The van der Waals surface area contributed by atoms with E-state index in [-0.39, 0.29) is 11.9 Å². The van der Waals surface area contributed by atoms with E-state index in [1.54, 1.807) is 11.3 Å². The van der Waals surface area contributed by atoms with E-state index in [9.17, 15) is 4.79 Å². The van der Waals surface area contributed by atoms with Crippen molar-refractivity contribution in [1.82, 2.24) is 15.2 Å². The molecule has 3 rings (SSSR count). The Kier molecular flexibility index (Phi) is 6.04. The molecular weight excluding hydrogens is 332 g/mol. The minimum Gasteiger partial charge on any atom is -0.369 e. The van der Waals surface area contributed by atoms with Crippen LogP contribution in [0.4, 0.5) is 5.69 Å². The first-order valence-electron chi connectivity index (χ1n) is 8.93. The molecule has 6 heteroatoms. The highest BCUT2D eigenvalue weighted by Crippen LogP contribution is 2.18. The highest BCUT2D eigenvalue weighted by Gasteiger charge is 2.19. The first kappa shape index (κ1) is 17.9. The summed E-state index contributed by atoms with van der Waals surface area (Å²) < 4.78 is 0. The molecule has 1 saturated heterocycles. The summed E-state index contributed by atoms with van der Waals surface area (Å²) in [5.74, 6) is -0.0641. The number of nitrogens with one attached hydrogen (secondary N) is 1. The number of hydrogen-bond acceptors (Lipinski definition) is 5. The second-order valence-electron chi connectivity index (χ2n) is 6.51. The molecule has 2 aromatic rings. The molecule has 1 N–H and O–H groups in total. The third-order valence-electron chi connectivity index (χ3n) is 4.63. The van der Waals surface area contributed by atoms with E-state index >= 15 is 0 Å². The SMILES string of the molecule is CCC(C)NC(=O)c1csc(CN2CCN(c3ccccc3)CC2)n1. The van der Waals surface area contributed by atoms with Crippen molar-refractivity contribution in [2.45, 2.75) is 32.9 Å². The maximum absolute atomic E-state index is 12.1. The van der Waals surface area contributed by atoms with Gasteiger partial charge in [-0.2, -0.15) is 0 Å². The van der Waals surface area contributed by atoms with Crippen molar-refractivity contribution in [3.8, 4) is 0 Å². The van der Waals surface area contributed by atoms with E-state index in [1.165, 1.54) is 5.69 Å². The average molecular weight is 359 g/mol. The lowest BCUT2D eigenvalue weighted by atomic mass is 10.2. The summed E-state index contributed by atoms with van der Waals surface area (Å²) in [5, 5.41) is 5.86. The number of hydrogen-bond donors (Lipinski definition) is 1. The van der Waals surface area contributed by atoms with Gasteiger partial charge in [-0.3, -0.25) is 9.69 Å². The molecule has 5 nitrogen and oxygen atoms in total. The van der Waals surface area contributed by atoms with Gasteiger partial charge in [-0.05, 0) is 25.5 Å². The molecule has 2 heterocycles. The number of aromatic nitrogens is 1. The molecule has 1 aliphatic rings. The number of rotatable bonds is 6. The summed E-state index contributed by atoms with van der Waals surface area (Å²) in [6.45, 7) is 8.98. The van der Waals surface area contributed by atoms with Gasteiger partial charge in [-0.15, -0.1) is 11.3 Å². The number of thiazole rings is 1. The number of nitrogens with zero attached hydrogens (tertiary/aromatic N) is 3. The molecule has 0 radical (unpaired) electrons. The molecule has 1 aliphatic heterocycles. The molecule has 0 aliphatic carbocycles. The quantitative estimate of drug-likeness (QED) is 0.862. The number of piperazine rings is 1. The van der Waals surface area contributed by atoms with Gasteiger partial charge in [0.15, 0.2) is 0 Å². The summed E-state index contributed by atoms with van der Waals surface area (Å²) in [6.07, 6.45) is 0.925. The molecular formula is C19H26N4OS. The van der Waals surface area contributed by atoms with Crippen LogP contribution in [0.1, 0.15) is 35.8 Å². The Morgan fingerprint density at radius 1 is 1.24 bits per heavy atom. The van der Waals surface area contributed by atoms with Crippen LogP contribution in [-0.4, -0.2) is 48.0 Å². The molecule has 134 valence electrons. The smallest absolute Gasteiger partial charge is 0.270 e. The summed E-state index contributed by atoms with van der Waals surface area (Å²) in [7, 11) is 0. The number of carbonyl (C=O) groups excluding carboxylic acids is 1. The van der Waals surface area contributed by atoms with Gasteiger partial charge in [-0.25, -0.2) is 4.98 Å². The molecule has 1 aromatic carbocycles. The van der Waals surface area contributed by atoms with Crippen LogP contribution in [-0.2, 0) is 6.54 Å². The second-order valence-corrected chi connectivity index (χ2v) is 7.45. The molecule has 25 heavy (non-hydrogen) atoms. The van der Waals surface area contributed by atoms with Crippen molar-refractivity contribution < 1.29 is 4.79 Å². The lowest BCUT2D eigenvalue weighted by molar-refractivity contribution is 0.0934.